The summed E-state index contributed by atoms with van der Waals surface area (Å²) >= 11 is 5.65. The molecule has 16 heavy (non-hydrogen) atoms. The van der Waals surface area contributed by atoms with Crippen molar-refractivity contribution in [2.24, 2.45) is 5.92 Å². The van der Waals surface area contributed by atoms with Gasteiger partial charge < -0.3 is 9.64 Å². The number of nitrogens with zero attached hydrogens (tertiary/aromatic N) is 1. The Kier molecular flexibility index (Phi) is 11.8. The smallest absolute Gasteiger partial charge is 0.0589 e. The number of unbranched alkanes of at least 4 members (excludes halogenated alkanes) is 3. The van der Waals surface area contributed by atoms with Crippen LogP contribution < -0.4 is 0 Å². The fourth-order valence-corrected chi connectivity index (χ4v) is 2.00. The van der Waals surface area contributed by atoms with Gasteiger partial charge in [0.1, 0.15) is 0 Å². The van der Waals surface area contributed by atoms with E-state index in [2.05, 4.69) is 18.7 Å². The highest BCUT2D eigenvalue weighted by atomic mass is 35.5. The first-order valence-electron chi connectivity index (χ1n) is 6.48. The predicted octanol–water partition coefficient (Wildman–Crippen LogP) is 3.39. The molecule has 0 amide bonds. The number of hydrogen-bond donors (Lipinski definition) is 0. The molecule has 0 atom stereocenters. The number of hydrogen-bond acceptors (Lipinski definition) is 2. The van der Waals surface area contributed by atoms with Crippen LogP contribution >= 0.6 is 11.6 Å². The minimum absolute atomic E-state index is 0.736. The highest BCUT2D eigenvalue weighted by Gasteiger charge is 2.06. The van der Waals surface area contributed by atoms with Crippen LogP contribution in [0.1, 0.15) is 39.5 Å². The summed E-state index contributed by atoms with van der Waals surface area (Å²) in [4.78, 5) is 2.51. The molecule has 3 heteroatoms. The molecule has 0 aliphatic rings. The second-order valence-corrected chi connectivity index (χ2v) is 5.17. The summed E-state index contributed by atoms with van der Waals surface area (Å²) in [7, 11) is 1.77. The molecule has 0 aliphatic heterocycles. The number of methoxy groups -OCH3 is 1. The van der Waals surface area contributed by atoms with Gasteiger partial charge in [0.2, 0.25) is 0 Å². The summed E-state index contributed by atoms with van der Waals surface area (Å²) in [6, 6.07) is 0. The molecular weight excluding hydrogens is 222 g/mol. The maximum atomic E-state index is 5.65. The zero-order valence-corrected chi connectivity index (χ0v) is 11.9. The van der Waals surface area contributed by atoms with E-state index in [0.29, 0.717) is 0 Å². The first-order valence-corrected chi connectivity index (χ1v) is 7.01. The maximum Gasteiger partial charge on any atom is 0.0589 e. The summed E-state index contributed by atoms with van der Waals surface area (Å²) in [5.74, 6) is 1.54. The summed E-state index contributed by atoms with van der Waals surface area (Å²) in [5.41, 5.74) is 0. The molecule has 0 saturated carbocycles. The van der Waals surface area contributed by atoms with Crippen LogP contribution in [0.25, 0.3) is 0 Å². The van der Waals surface area contributed by atoms with Gasteiger partial charge in [-0.2, -0.15) is 0 Å². The van der Waals surface area contributed by atoms with E-state index in [4.69, 9.17) is 16.3 Å². The van der Waals surface area contributed by atoms with Crippen molar-refractivity contribution >= 4 is 11.6 Å². The normalized spacial score (nSPS) is 11.6. The lowest BCUT2D eigenvalue weighted by Gasteiger charge is -2.23. The average molecular weight is 250 g/mol. The van der Waals surface area contributed by atoms with Crippen molar-refractivity contribution in [1.29, 1.82) is 0 Å². The second kappa shape index (κ2) is 11.7. The third-order valence-corrected chi connectivity index (χ3v) is 2.86. The monoisotopic (exact) mass is 249 g/mol. The summed E-state index contributed by atoms with van der Waals surface area (Å²) in [6.07, 6.45) is 5.01. The molecule has 0 aromatic carbocycles. The Morgan fingerprint density at radius 3 is 2.31 bits per heavy atom. The van der Waals surface area contributed by atoms with Crippen LogP contribution in [0, 0.1) is 5.92 Å². The zero-order chi connectivity index (χ0) is 12.2. The number of ether oxygens (including phenoxy) is 1. The van der Waals surface area contributed by atoms with Crippen molar-refractivity contribution in [3.05, 3.63) is 0 Å². The van der Waals surface area contributed by atoms with Crippen molar-refractivity contribution in [2.45, 2.75) is 39.5 Å². The molecule has 0 bridgehead atoms. The summed E-state index contributed by atoms with van der Waals surface area (Å²) in [5, 5.41) is 0. The van der Waals surface area contributed by atoms with Crippen LogP contribution in [0.5, 0.6) is 0 Å². The van der Waals surface area contributed by atoms with E-state index in [-0.39, 0.29) is 0 Å². The molecular formula is C13H28ClNO. The first-order chi connectivity index (χ1) is 7.70. The van der Waals surface area contributed by atoms with Gasteiger partial charge in [0.25, 0.3) is 0 Å². The molecule has 0 fully saturated rings. The van der Waals surface area contributed by atoms with Crippen LogP contribution in [0.15, 0.2) is 0 Å². The highest BCUT2D eigenvalue weighted by Crippen LogP contribution is 2.05. The molecule has 2 nitrogen and oxygen atoms in total. The summed E-state index contributed by atoms with van der Waals surface area (Å²) in [6.45, 7) is 8.82. The van der Waals surface area contributed by atoms with E-state index in [9.17, 15) is 0 Å². The van der Waals surface area contributed by atoms with Crippen molar-refractivity contribution < 1.29 is 4.74 Å². The summed E-state index contributed by atoms with van der Waals surface area (Å²) < 4.78 is 5.14. The van der Waals surface area contributed by atoms with E-state index in [1.165, 1.54) is 32.4 Å². The van der Waals surface area contributed by atoms with Gasteiger partial charge in [-0.15, -0.1) is 11.6 Å². The van der Waals surface area contributed by atoms with Crippen molar-refractivity contribution in [1.82, 2.24) is 4.90 Å². The van der Waals surface area contributed by atoms with E-state index in [0.717, 1.165) is 31.4 Å². The van der Waals surface area contributed by atoms with Gasteiger partial charge in [0, 0.05) is 26.1 Å². The van der Waals surface area contributed by atoms with Crippen LogP contribution in [0.3, 0.4) is 0 Å². The zero-order valence-electron chi connectivity index (χ0n) is 11.2. The minimum Gasteiger partial charge on any atom is -0.383 e. The molecule has 0 unspecified atom stereocenters. The quantitative estimate of drug-likeness (QED) is 0.411. The van der Waals surface area contributed by atoms with Gasteiger partial charge in [-0.05, 0) is 25.3 Å². The Labute approximate surface area is 106 Å². The van der Waals surface area contributed by atoms with Gasteiger partial charge in [0.15, 0.2) is 0 Å². The molecule has 0 heterocycles. The highest BCUT2D eigenvalue weighted by molar-refractivity contribution is 6.17. The van der Waals surface area contributed by atoms with E-state index >= 15 is 0 Å². The topological polar surface area (TPSA) is 12.5 Å². The van der Waals surface area contributed by atoms with E-state index in [1.54, 1.807) is 7.11 Å². The SMILES string of the molecule is COCCN(CCCCCCCl)CC(C)C. The lowest BCUT2D eigenvalue weighted by molar-refractivity contribution is 0.138. The van der Waals surface area contributed by atoms with Gasteiger partial charge >= 0.3 is 0 Å². The van der Waals surface area contributed by atoms with E-state index in [1.807, 2.05) is 0 Å². The predicted molar refractivity (Wildman–Crippen MR) is 72.3 cm³/mol. The maximum absolute atomic E-state index is 5.65. The number of halogens is 1. The molecule has 0 spiro atoms. The third-order valence-electron chi connectivity index (χ3n) is 2.59. The van der Waals surface area contributed by atoms with Gasteiger partial charge in [-0.25, -0.2) is 0 Å². The molecule has 0 saturated heterocycles. The Hall–Kier alpha value is 0.210. The molecule has 0 rings (SSSR count). The van der Waals surface area contributed by atoms with Gasteiger partial charge in [0.05, 0.1) is 6.61 Å². The number of alkyl halides is 1. The van der Waals surface area contributed by atoms with Crippen LogP contribution in [0.4, 0.5) is 0 Å². The Balaban J connectivity index is 3.56. The molecule has 0 radical (unpaired) electrons. The Morgan fingerprint density at radius 2 is 1.75 bits per heavy atom. The lowest BCUT2D eigenvalue weighted by Crippen LogP contribution is -2.32. The first kappa shape index (κ1) is 16.2. The van der Waals surface area contributed by atoms with Crippen LogP contribution in [0.2, 0.25) is 0 Å². The van der Waals surface area contributed by atoms with Gasteiger partial charge in [-0.1, -0.05) is 26.7 Å². The fraction of sp³-hybridized carbons (Fsp3) is 1.00. The standard InChI is InChI=1S/C13H28ClNO/c1-13(2)12-15(10-11-16-3)9-7-5-4-6-8-14/h13H,4-12H2,1-3H3. The fourth-order valence-electron chi connectivity index (χ4n) is 1.81. The van der Waals surface area contributed by atoms with Crippen molar-refractivity contribution in [3.8, 4) is 0 Å². The van der Waals surface area contributed by atoms with Crippen molar-refractivity contribution in [3.63, 3.8) is 0 Å². The molecule has 0 N–H and O–H groups in total. The molecule has 98 valence electrons. The largest absolute Gasteiger partial charge is 0.383 e. The Morgan fingerprint density at radius 1 is 1.06 bits per heavy atom. The van der Waals surface area contributed by atoms with Crippen LogP contribution in [-0.4, -0.2) is 44.1 Å². The van der Waals surface area contributed by atoms with Crippen molar-refractivity contribution in [2.75, 3.05) is 39.2 Å². The third kappa shape index (κ3) is 10.7. The molecule has 0 aliphatic carbocycles. The molecule has 0 aromatic heterocycles. The second-order valence-electron chi connectivity index (χ2n) is 4.79. The van der Waals surface area contributed by atoms with Gasteiger partial charge in [-0.3, -0.25) is 0 Å². The number of rotatable bonds is 11. The van der Waals surface area contributed by atoms with Crippen LogP contribution in [-0.2, 0) is 4.74 Å². The average Bonchev–Trinajstić information content (AvgIpc) is 2.24. The lowest BCUT2D eigenvalue weighted by atomic mass is 10.1. The minimum atomic E-state index is 0.736. The van der Waals surface area contributed by atoms with E-state index < -0.39 is 0 Å². The Bertz CT molecular complexity index is 142. The molecule has 0 aromatic rings.